The Morgan fingerprint density at radius 3 is 2.62 bits per heavy atom. The first-order valence-electron chi connectivity index (χ1n) is 7.10. The molecule has 0 aromatic heterocycles. The third-order valence-corrected chi connectivity index (χ3v) is 3.58. The van der Waals surface area contributed by atoms with Crippen molar-refractivity contribution in [1.82, 2.24) is 5.32 Å². The number of hydrogen-bond acceptors (Lipinski definition) is 2. The summed E-state index contributed by atoms with van der Waals surface area (Å²) in [6, 6.07) is 12.5. The van der Waals surface area contributed by atoms with Crippen LogP contribution in [-0.2, 0) is 0 Å². The minimum absolute atomic E-state index is 0.0923. The number of rotatable bonds is 6. The number of benzene rings is 2. The third-order valence-electron chi connectivity index (χ3n) is 3.27. The molecule has 0 bridgehead atoms. The monoisotopic (exact) mass is 307 g/mol. The summed E-state index contributed by atoms with van der Waals surface area (Å²) < 4.78 is 19.3. The summed E-state index contributed by atoms with van der Waals surface area (Å²) >= 11 is 5.69. The molecule has 2 nitrogen and oxygen atoms in total. The number of halogens is 2. The molecule has 0 spiro atoms. The Balaban J connectivity index is 2.29. The van der Waals surface area contributed by atoms with E-state index in [4.69, 9.17) is 16.3 Å². The van der Waals surface area contributed by atoms with Crippen molar-refractivity contribution >= 4 is 11.6 Å². The van der Waals surface area contributed by atoms with E-state index < -0.39 is 5.82 Å². The molecule has 0 saturated heterocycles. The van der Waals surface area contributed by atoms with Gasteiger partial charge in [-0.3, -0.25) is 0 Å². The van der Waals surface area contributed by atoms with Gasteiger partial charge in [0, 0.05) is 17.7 Å². The molecule has 0 fully saturated rings. The summed E-state index contributed by atoms with van der Waals surface area (Å²) in [4.78, 5) is 0. The summed E-state index contributed by atoms with van der Waals surface area (Å²) in [5.74, 6) is 0.688. The molecule has 1 unspecified atom stereocenters. The predicted octanol–water partition coefficient (Wildman–Crippen LogP) is 5.33. The van der Waals surface area contributed by atoms with E-state index in [1.807, 2.05) is 24.3 Å². The van der Waals surface area contributed by atoms with E-state index >= 15 is 0 Å². The zero-order valence-corrected chi connectivity index (χ0v) is 13.0. The third kappa shape index (κ3) is 3.96. The largest absolute Gasteiger partial charge is 0.457 e. The average molecular weight is 308 g/mol. The molecular weight excluding hydrogens is 289 g/mol. The molecule has 0 aliphatic heterocycles. The molecule has 2 aromatic carbocycles. The first-order valence-corrected chi connectivity index (χ1v) is 7.48. The lowest BCUT2D eigenvalue weighted by molar-refractivity contribution is 0.449. The van der Waals surface area contributed by atoms with Crippen molar-refractivity contribution in [2.45, 2.75) is 26.3 Å². The van der Waals surface area contributed by atoms with Crippen LogP contribution < -0.4 is 10.1 Å². The number of ether oxygens (including phenoxy) is 1. The van der Waals surface area contributed by atoms with Crippen LogP contribution in [0.5, 0.6) is 11.5 Å². The molecule has 1 N–H and O–H groups in total. The summed E-state index contributed by atoms with van der Waals surface area (Å²) in [7, 11) is 0. The molecule has 0 aliphatic carbocycles. The first-order chi connectivity index (χ1) is 10.2. The molecule has 112 valence electrons. The summed E-state index contributed by atoms with van der Waals surface area (Å²) in [5, 5.41) is 3.51. The van der Waals surface area contributed by atoms with Crippen LogP contribution in [-0.4, -0.2) is 6.54 Å². The Morgan fingerprint density at radius 2 is 1.95 bits per heavy atom. The molecular formula is C17H19ClFNO. The van der Waals surface area contributed by atoms with Crippen molar-refractivity contribution in [2.24, 2.45) is 0 Å². The van der Waals surface area contributed by atoms with Crippen molar-refractivity contribution in [1.29, 1.82) is 0 Å². The van der Waals surface area contributed by atoms with Gasteiger partial charge in [-0.2, -0.15) is 0 Å². The van der Waals surface area contributed by atoms with Crippen LogP contribution in [0.15, 0.2) is 42.5 Å². The van der Waals surface area contributed by atoms with Crippen LogP contribution in [0, 0.1) is 5.82 Å². The fraction of sp³-hybridized carbons (Fsp3) is 0.294. The van der Waals surface area contributed by atoms with Gasteiger partial charge in [-0.25, -0.2) is 4.39 Å². The molecule has 2 rings (SSSR count). The van der Waals surface area contributed by atoms with Gasteiger partial charge in [-0.1, -0.05) is 43.6 Å². The number of nitrogens with one attached hydrogen (secondary N) is 1. The van der Waals surface area contributed by atoms with E-state index in [2.05, 4.69) is 19.2 Å². The maximum atomic E-state index is 13.5. The lowest BCUT2D eigenvalue weighted by Crippen LogP contribution is -2.20. The Hall–Kier alpha value is -1.58. The summed E-state index contributed by atoms with van der Waals surface area (Å²) in [6.45, 7) is 5.06. The predicted molar refractivity (Wildman–Crippen MR) is 84.6 cm³/mol. The van der Waals surface area contributed by atoms with Crippen LogP contribution in [0.3, 0.4) is 0 Å². The molecule has 21 heavy (non-hydrogen) atoms. The molecule has 1 atom stereocenters. The lowest BCUT2D eigenvalue weighted by Gasteiger charge is -2.20. The van der Waals surface area contributed by atoms with Gasteiger partial charge in [0.2, 0.25) is 0 Å². The normalized spacial score (nSPS) is 12.2. The van der Waals surface area contributed by atoms with E-state index in [-0.39, 0.29) is 11.1 Å². The molecule has 0 amide bonds. The maximum absolute atomic E-state index is 13.5. The van der Waals surface area contributed by atoms with Crippen molar-refractivity contribution in [3.05, 3.63) is 58.9 Å². The van der Waals surface area contributed by atoms with Crippen LogP contribution in [0.25, 0.3) is 0 Å². The molecule has 0 aliphatic rings. The minimum atomic E-state index is -0.481. The van der Waals surface area contributed by atoms with Crippen molar-refractivity contribution in [3.63, 3.8) is 0 Å². The second-order valence-corrected chi connectivity index (χ2v) is 5.14. The van der Waals surface area contributed by atoms with E-state index in [9.17, 15) is 4.39 Å². The van der Waals surface area contributed by atoms with Crippen molar-refractivity contribution < 1.29 is 9.13 Å². The van der Waals surface area contributed by atoms with Gasteiger partial charge in [-0.15, -0.1) is 0 Å². The van der Waals surface area contributed by atoms with E-state index in [0.29, 0.717) is 5.75 Å². The van der Waals surface area contributed by atoms with Gasteiger partial charge < -0.3 is 10.1 Å². The molecule has 0 heterocycles. The Kier molecular flexibility index (Phi) is 5.59. The topological polar surface area (TPSA) is 21.3 Å². The summed E-state index contributed by atoms with van der Waals surface area (Å²) in [6.07, 6.45) is 0.948. The van der Waals surface area contributed by atoms with Gasteiger partial charge >= 0.3 is 0 Å². The highest BCUT2D eigenvalue weighted by Crippen LogP contribution is 2.32. The Labute approximate surface area is 129 Å². The maximum Gasteiger partial charge on any atom is 0.145 e. The molecule has 0 saturated carbocycles. The van der Waals surface area contributed by atoms with Gasteiger partial charge in [0.1, 0.15) is 17.3 Å². The fourth-order valence-electron chi connectivity index (χ4n) is 2.25. The second-order valence-electron chi connectivity index (χ2n) is 4.73. The fourth-order valence-corrected chi connectivity index (χ4v) is 2.37. The zero-order valence-electron chi connectivity index (χ0n) is 12.2. The van der Waals surface area contributed by atoms with Crippen LogP contribution in [0.1, 0.15) is 31.9 Å². The highest BCUT2D eigenvalue weighted by molar-refractivity contribution is 6.30. The van der Waals surface area contributed by atoms with E-state index in [1.165, 1.54) is 12.1 Å². The second kappa shape index (κ2) is 7.43. The van der Waals surface area contributed by atoms with Crippen LogP contribution in [0.4, 0.5) is 4.39 Å². The lowest BCUT2D eigenvalue weighted by atomic mass is 10.0. The highest BCUT2D eigenvalue weighted by atomic mass is 35.5. The van der Waals surface area contributed by atoms with Gasteiger partial charge in [0.05, 0.1) is 5.02 Å². The number of hydrogen-bond donors (Lipinski definition) is 1. The van der Waals surface area contributed by atoms with Gasteiger partial charge in [0.15, 0.2) is 0 Å². The highest BCUT2D eigenvalue weighted by Gasteiger charge is 2.14. The first kappa shape index (κ1) is 15.8. The molecule has 2 aromatic rings. The van der Waals surface area contributed by atoms with Gasteiger partial charge in [0.25, 0.3) is 0 Å². The Bertz CT molecular complexity index is 603. The van der Waals surface area contributed by atoms with Crippen molar-refractivity contribution in [3.8, 4) is 11.5 Å². The zero-order chi connectivity index (χ0) is 15.2. The SMILES string of the molecule is CCNC(CC)c1ccccc1Oc1ccc(Cl)c(F)c1. The quantitative estimate of drug-likeness (QED) is 0.778. The molecule has 4 heteroatoms. The number of para-hydroxylation sites is 1. The van der Waals surface area contributed by atoms with Gasteiger partial charge in [-0.05, 0) is 31.2 Å². The van der Waals surface area contributed by atoms with Crippen LogP contribution >= 0.6 is 11.6 Å². The Morgan fingerprint density at radius 1 is 1.19 bits per heavy atom. The van der Waals surface area contributed by atoms with E-state index in [1.54, 1.807) is 6.07 Å². The summed E-state index contributed by atoms with van der Waals surface area (Å²) in [5.41, 5.74) is 1.07. The molecule has 0 radical (unpaired) electrons. The van der Waals surface area contributed by atoms with Crippen LogP contribution in [0.2, 0.25) is 5.02 Å². The minimum Gasteiger partial charge on any atom is -0.457 e. The average Bonchev–Trinajstić information content (AvgIpc) is 2.49. The van der Waals surface area contributed by atoms with E-state index in [0.717, 1.165) is 24.3 Å². The smallest absolute Gasteiger partial charge is 0.145 e. The van der Waals surface area contributed by atoms with Crippen molar-refractivity contribution in [2.75, 3.05) is 6.54 Å². The standard InChI is InChI=1S/C17H19ClFNO/c1-3-16(20-4-2)13-7-5-6-8-17(13)21-12-9-10-14(18)15(19)11-12/h5-11,16,20H,3-4H2,1-2H3.